The lowest BCUT2D eigenvalue weighted by atomic mass is 9.90. The third-order valence-corrected chi connectivity index (χ3v) is 9.43. The van der Waals surface area contributed by atoms with Crippen molar-refractivity contribution < 1.29 is 0 Å². The second kappa shape index (κ2) is 10.9. The van der Waals surface area contributed by atoms with Crippen LogP contribution in [0.5, 0.6) is 0 Å². The molecular weight excluding hydrogens is 585 g/mol. The highest BCUT2D eigenvalue weighted by Gasteiger charge is 2.19. The second-order valence-electron chi connectivity index (χ2n) is 12.0. The molecule has 0 radical (unpaired) electrons. The number of fused-ring (bicyclic) bond motifs is 6. The first-order chi connectivity index (χ1) is 23.7. The number of nitriles is 2. The minimum Gasteiger partial charge on any atom is -0.309 e. The molecule has 0 aliphatic rings. The van der Waals surface area contributed by atoms with E-state index in [-0.39, 0.29) is 0 Å². The highest BCUT2D eigenvalue weighted by Crippen LogP contribution is 2.39. The van der Waals surface area contributed by atoms with Gasteiger partial charge in [0.05, 0.1) is 51.0 Å². The number of nitrogens with zero attached hydrogens (tertiary/aromatic N) is 4. The Morgan fingerprint density at radius 1 is 0.375 bits per heavy atom. The summed E-state index contributed by atoms with van der Waals surface area (Å²) in [6.45, 7) is 0. The summed E-state index contributed by atoms with van der Waals surface area (Å²) >= 11 is 0. The van der Waals surface area contributed by atoms with Gasteiger partial charge in [0.2, 0.25) is 0 Å². The zero-order valence-electron chi connectivity index (χ0n) is 25.8. The Kier molecular flexibility index (Phi) is 6.22. The van der Waals surface area contributed by atoms with E-state index in [9.17, 15) is 10.5 Å². The average molecular weight is 611 g/mol. The molecule has 0 bridgehead atoms. The van der Waals surface area contributed by atoms with Crippen molar-refractivity contribution in [3.8, 4) is 45.8 Å². The largest absolute Gasteiger partial charge is 0.309 e. The molecule has 4 nitrogen and oxygen atoms in total. The van der Waals surface area contributed by atoms with Gasteiger partial charge in [0.1, 0.15) is 0 Å². The number of rotatable bonds is 4. The minimum absolute atomic E-state index is 0.517. The van der Waals surface area contributed by atoms with E-state index in [4.69, 9.17) is 0 Å². The summed E-state index contributed by atoms with van der Waals surface area (Å²) in [5, 5.41) is 25.7. The van der Waals surface area contributed by atoms with Crippen molar-refractivity contribution in [1.82, 2.24) is 9.13 Å². The van der Waals surface area contributed by atoms with Gasteiger partial charge < -0.3 is 9.13 Å². The summed E-state index contributed by atoms with van der Waals surface area (Å²) in [4.78, 5) is 0. The van der Waals surface area contributed by atoms with Crippen LogP contribution in [0.3, 0.4) is 0 Å². The van der Waals surface area contributed by atoms with Gasteiger partial charge in [0, 0.05) is 43.9 Å². The fourth-order valence-electron chi connectivity index (χ4n) is 7.32. The Bertz CT molecular complexity index is 2690. The number of aromatic nitrogens is 2. The number of hydrogen-bond donors (Lipinski definition) is 0. The lowest BCUT2D eigenvalue weighted by molar-refractivity contribution is 1.18. The van der Waals surface area contributed by atoms with E-state index in [1.165, 1.54) is 21.5 Å². The molecule has 0 atom stereocenters. The molecule has 0 saturated heterocycles. The topological polar surface area (TPSA) is 57.4 Å². The summed E-state index contributed by atoms with van der Waals surface area (Å²) in [7, 11) is 0. The molecular formula is C44H26N4. The van der Waals surface area contributed by atoms with Crippen molar-refractivity contribution in [2.24, 2.45) is 0 Å². The van der Waals surface area contributed by atoms with Crippen molar-refractivity contribution in [3.05, 3.63) is 169 Å². The molecule has 7 aromatic carbocycles. The number of para-hydroxylation sites is 5. The molecule has 2 aromatic heterocycles. The van der Waals surface area contributed by atoms with Crippen LogP contribution in [0.4, 0.5) is 0 Å². The van der Waals surface area contributed by atoms with E-state index in [0.717, 1.165) is 55.7 Å². The lowest BCUT2D eigenvalue weighted by Crippen LogP contribution is -1.99. The highest BCUT2D eigenvalue weighted by atomic mass is 15.0. The monoisotopic (exact) mass is 610 g/mol. The minimum atomic E-state index is 0.517. The normalized spacial score (nSPS) is 11.3. The van der Waals surface area contributed by atoms with Crippen molar-refractivity contribution in [3.63, 3.8) is 0 Å². The molecule has 0 saturated carbocycles. The van der Waals surface area contributed by atoms with Crippen LogP contribution in [0.25, 0.3) is 77.2 Å². The zero-order valence-corrected chi connectivity index (χ0v) is 25.8. The predicted molar refractivity (Wildman–Crippen MR) is 195 cm³/mol. The van der Waals surface area contributed by atoms with Crippen molar-refractivity contribution >= 4 is 43.6 Å². The fourth-order valence-corrected chi connectivity index (χ4v) is 7.32. The van der Waals surface area contributed by atoms with Crippen molar-refractivity contribution in [2.75, 3.05) is 0 Å². The molecule has 0 aliphatic heterocycles. The molecule has 0 aliphatic carbocycles. The Balaban J connectivity index is 1.19. The third-order valence-electron chi connectivity index (χ3n) is 9.43. The average Bonchev–Trinajstić information content (AvgIpc) is 3.67. The van der Waals surface area contributed by atoms with E-state index in [1.54, 1.807) is 0 Å². The van der Waals surface area contributed by atoms with E-state index in [0.29, 0.717) is 11.1 Å². The van der Waals surface area contributed by atoms with Crippen LogP contribution < -0.4 is 0 Å². The molecule has 222 valence electrons. The van der Waals surface area contributed by atoms with Crippen LogP contribution in [0.1, 0.15) is 11.1 Å². The van der Waals surface area contributed by atoms with E-state index in [2.05, 4.69) is 137 Å². The van der Waals surface area contributed by atoms with Gasteiger partial charge in [-0.1, -0.05) is 103 Å². The maximum atomic E-state index is 10.5. The van der Waals surface area contributed by atoms with Crippen LogP contribution in [0, 0.1) is 22.7 Å². The van der Waals surface area contributed by atoms with Crippen LogP contribution in [-0.4, -0.2) is 9.13 Å². The second-order valence-corrected chi connectivity index (χ2v) is 12.0. The summed E-state index contributed by atoms with van der Waals surface area (Å²) in [5.41, 5.74) is 10.7. The quantitative estimate of drug-likeness (QED) is 0.199. The number of benzene rings is 7. The van der Waals surface area contributed by atoms with Gasteiger partial charge in [-0.2, -0.15) is 10.5 Å². The van der Waals surface area contributed by atoms with E-state index in [1.807, 2.05) is 42.5 Å². The van der Waals surface area contributed by atoms with Crippen LogP contribution in [0.15, 0.2) is 158 Å². The van der Waals surface area contributed by atoms with Gasteiger partial charge in [-0.25, -0.2) is 0 Å². The number of hydrogen-bond acceptors (Lipinski definition) is 2. The van der Waals surface area contributed by atoms with Gasteiger partial charge >= 0.3 is 0 Å². The van der Waals surface area contributed by atoms with Gasteiger partial charge in [-0.05, 0) is 60.2 Å². The Hall–Kier alpha value is -6.88. The molecule has 0 fully saturated rings. The molecule has 0 unspecified atom stereocenters. The molecule has 9 aromatic rings. The molecule has 9 rings (SSSR count). The maximum absolute atomic E-state index is 10.5. The van der Waals surface area contributed by atoms with Crippen molar-refractivity contribution in [1.29, 1.82) is 10.5 Å². The summed E-state index contributed by atoms with van der Waals surface area (Å²) in [6, 6.07) is 58.7. The first-order valence-corrected chi connectivity index (χ1v) is 15.9. The van der Waals surface area contributed by atoms with Crippen LogP contribution in [0.2, 0.25) is 0 Å². The third kappa shape index (κ3) is 4.07. The molecule has 48 heavy (non-hydrogen) atoms. The van der Waals surface area contributed by atoms with Crippen molar-refractivity contribution in [2.45, 2.75) is 0 Å². The summed E-state index contributed by atoms with van der Waals surface area (Å²) in [5.74, 6) is 0. The van der Waals surface area contributed by atoms with Crippen LogP contribution >= 0.6 is 0 Å². The standard InChI is InChI=1S/C44H26N4/c45-27-30-26-39(37-15-5-10-20-44(37)48-42-18-8-3-13-35(42)36-14-4-9-19-43(36)48)31(28-46)25-38(30)29-21-23-32(24-22-29)47-40-16-6-1-11-33(40)34-12-2-7-17-41(34)47/h1-26H. The first kappa shape index (κ1) is 27.4. The highest BCUT2D eigenvalue weighted by molar-refractivity contribution is 6.10. The Labute approximate surface area is 277 Å². The smallest absolute Gasteiger partial charge is 0.0998 e. The first-order valence-electron chi connectivity index (χ1n) is 15.9. The molecule has 2 heterocycles. The summed E-state index contributed by atoms with van der Waals surface area (Å²) < 4.78 is 4.53. The molecule has 4 heteroatoms. The predicted octanol–water partition coefficient (Wildman–Crippen LogP) is 11.0. The Morgan fingerprint density at radius 2 is 0.792 bits per heavy atom. The summed E-state index contributed by atoms with van der Waals surface area (Å²) in [6.07, 6.45) is 0. The van der Waals surface area contributed by atoms with Gasteiger partial charge in [0.15, 0.2) is 0 Å². The van der Waals surface area contributed by atoms with Gasteiger partial charge in [0.25, 0.3) is 0 Å². The SMILES string of the molecule is N#Cc1cc(-c2ccccc2-n2c3ccccc3c3ccccc32)c(C#N)cc1-c1ccc(-n2c3ccccc3c3ccccc32)cc1. The van der Waals surface area contributed by atoms with E-state index >= 15 is 0 Å². The molecule has 0 N–H and O–H groups in total. The maximum Gasteiger partial charge on any atom is 0.0998 e. The molecule has 0 amide bonds. The Morgan fingerprint density at radius 3 is 1.31 bits per heavy atom. The lowest BCUT2D eigenvalue weighted by Gasteiger charge is -2.16. The molecule has 0 spiro atoms. The van der Waals surface area contributed by atoms with Gasteiger partial charge in [-0.3, -0.25) is 0 Å². The van der Waals surface area contributed by atoms with Gasteiger partial charge in [-0.15, -0.1) is 0 Å². The zero-order chi connectivity index (χ0) is 32.2. The van der Waals surface area contributed by atoms with Crippen LogP contribution in [-0.2, 0) is 0 Å². The van der Waals surface area contributed by atoms with E-state index < -0.39 is 0 Å². The fraction of sp³-hybridized carbons (Fsp3) is 0.